The first-order chi connectivity index (χ1) is 7.22. The Bertz CT molecular complexity index is 155. The quantitative estimate of drug-likeness (QED) is 0.728. The summed E-state index contributed by atoms with van der Waals surface area (Å²) in [6, 6.07) is 0.753. The molecular formula is C13H28N2. The van der Waals surface area contributed by atoms with Crippen molar-refractivity contribution in [1.29, 1.82) is 0 Å². The Labute approximate surface area is 95.4 Å². The molecule has 90 valence electrons. The van der Waals surface area contributed by atoms with Gasteiger partial charge >= 0.3 is 0 Å². The number of likely N-dealkylation sites (N-methyl/N-ethyl adjacent to an activating group) is 1. The highest BCUT2D eigenvalue weighted by Crippen LogP contribution is 2.12. The Kier molecular flexibility index (Phi) is 6.26. The first kappa shape index (κ1) is 13.0. The molecule has 0 spiro atoms. The molecule has 0 radical (unpaired) electrons. The number of nitrogens with one attached hydrogen (secondary N) is 1. The normalized spacial score (nSPS) is 23.6. The van der Waals surface area contributed by atoms with Crippen molar-refractivity contribution in [2.75, 3.05) is 26.2 Å². The first-order valence-electron chi connectivity index (χ1n) is 6.68. The van der Waals surface area contributed by atoms with Gasteiger partial charge in [-0.3, -0.25) is 0 Å². The number of likely N-dealkylation sites (tertiary alicyclic amines) is 1. The molecular weight excluding hydrogens is 184 g/mol. The third kappa shape index (κ3) is 5.53. The van der Waals surface area contributed by atoms with Crippen molar-refractivity contribution < 1.29 is 0 Å². The van der Waals surface area contributed by atoms with Crippen LogP contribution in [0.4, 0.5) is 0 Å². The summed E-state index contributed by atoms with van der Waals surface area (Å²) in [5.41, 5.74) is 0. The van der Waals surface area contributed by atoms with Gasteiger partial charge in [0.15, 0.2) is 0 Å². The van der Waals surface area contributed by atoms with Gasteiger partial charge in [-0.1, -0.05) is 20.8 Å². The van der Waals surface area contributed by atoms with E-state index in [9.17, 15) is 0 Å². The Balaban J connectivity index is 2.12. The van der Waals surface area contributed by atoms with Crippen molar-refractivity contribution in [3.8, 4) is 0 Å². The van der Waals surface area contributed by atoms with E-state index in [0.29, 0.717) is 0 Å². The molecule has 0 amide bonds. The van der Waals surface area contributed by atoms with E-state index in [1.807, 2.05) is 0 Å². The highest BCUT2D eigenvalue weighted by molar-refractivity contribution is 4.77. The van der Waals surface area contributed by atoms with E-state index in [2.05, 4.69) is 31.0 Å². The second-order valence-corrected chi connectivity index (χ2v) is 5.23. The predicted octanol–water partition coefficient (Wildman–Crippen LogP) is 2.50. The third-order valence-electron chi connectivity index (χ3n) is 3.25. The molecule has 15 heavy (non-hydrogen) atoms. The Morgan fingerprint density at radius 3 is 2.87 bits per heavy atom. The van der Waals surface area contributed by atoms with E-state index in [1.165, 1.54) is 45.3 Å². The van der Waals surface area contributed by atoms with Crippen molar-refractivity contribution >= 4 is 0 Å². The average molecular weight is 212 g/mol. The van der Waals surface area contributed by atoms with Crippen LogP contribution in [0.1, 0.15) is 46.5 Å². The lowest BCUT2D eigenvalue weighted by Crippen LogP contribution is -2.45. The highest BCUT2D eigenvalue weighted by atomic mass is 15.2. The van der Waals surface area contributed by atoms with Gasteiger partial charge in [0.1, 0.15) is 0 Å². The minimum absolute atomic E-state index is 0.753. The van der Waals surface area contributed by atoms with Crippen LogP contribution in [0.15, 0.2) is 0 Å². The van der Waals surface area contributed by atoms with Crippen LogP contribution in [-0.2, 0) is 0 Å². The van der Waals surface area contributed by atoms with Crippen LogP contribution in [-0.4, -0.2) is 37.1 Å². The lowest BCUT2D eigenvalue weighted by Gasteiger charge is -2.33. The maximum Gasteiger partial charge on any atom is 0.0195 e. The van der Waals surface area contributed by atoms with Gasteiger partial charge < -0.3 is 10.2 Å². The van der Waals surface area contributed by atoms with Crippen LogP contribution in [0.2, 0.25) is 0 Å². The van der Waals surface area contributed by atoms with Gasteiger partial charge in [-0.05, 0) is 51.2 Å². The Morgan fingerprint density at radius 1 is 1.40 bits per heavy atom. The average Bonchev–Trinajstić information content (AvgIpc) is 2.18. The van der Waals surface area contributed by atoms with Crippen LogP contribution >= 0.6 is 0 Å². The summed E-state index contributed by atoms with van der Waals surface area (Å²) in [7, 11) is 0. The second kappa shape index (κ2) is 7.24. The summed E-state index contributed by atoms with van der Waals surface area (Å²) in [6.07, 6.45) is 5.49. The van der Waals surface area contributed by atoms with Crippen LogP contribution in [0, 0.1) is 5.92 Å². The van der Waals surface area contributed by atoms with Gasteiger partial charge in [0.25, 0.3) is 0 Å². The molecule has 2 nitrogen and oxygen atoms in total. The summed E-state index contributed by atoms with van der Waals surface area (Å²) in [5.74, 6) is 0.861. The molecule has 1 aliphatic rings. The lowest BCUT2D eigenvalue weighted by atomic mass is 10.0. The van der Waals surface area contributed by atoms with E-state index in [-0.39, 0.29) is 0 Å². The summed E-state index contributed by atoms with van der Waals surface area (Å²) < 4.78 is 0. The standard InChI is InChI=1S/C13H28N2/c1-4-14-13-8-6-10-15(11-13)9-5-7-12(2)3/h12-14H,4-11H2,1-3H3. The van der Waals surface area contributed by atoms with Crippen LogP contribution in [0.3, 0.4) is 0 Å². The fourth-order valence-corrected chi connectivity index (χ4v) is 2.44. The second-order valence-electron chi connectivity index (χ2n) is 5.23. The first-order valence-corrected chi connectivity index (χ1v) is 6.68. The van der Waals surface area contributed by atoms with Crippen molar-refractivity contribution in [2.45, 2.75) is 52.5 Å². The van der Waals surface area contributed by atoms with Crippen molar-refractivity contribution in [3.63, 3.8) is 0 Å². The van der Waals surface area contributed by atoms with Crippen molar-refractivity contribution in [3.05, 3.63) is 0 Å². The molecule has 0 aromatic rings. The third-order valence-corrected chi connectivity index (χ3v) is 3.25. The fourth-order valence-electron chi connectivity index (χ4n) is 2.44. The van der Waals surface area contributed by atoms with E-state index >= 15 is 0 Å². The van der Waals surface area contributed by atoms with E-state index in [0.717, 1.165) is 18.5 Å². The lowest BCUT2D eigenvalue weighted by molar-refractivity contribution is 0.187. The summed E-state index contributed by atoms with van der Waals surface area (Å²) in [6.45, 7) is 11.9. The summed E-state index contributed by atoms with van der Waals surface area (Å²) in [5, 5.41) is 3.57. The van der Waals surface area contributed by atoms with Gasteiger partial charge in [-0.25, -0.2) is 0 Å². The maximum atomic E-state index is 3.57. The number of rotatable bonds is 6. The van der Waals surface area contributed by atoms with Crippen LogP contribution < -0.4 is 5.32 Å². The minimum Gasteiger partial charge on any atom is -0.313 e. The topological polar surface area (TPSA) is 15.3 Å². The van der Waals surface area contributed by atoms with Gasteiger partial charge in [-0.15, -0.1) is 0 Å². The molecule has 0 saturated carbocycles. The molecule has 1 fully saturated rings. The summed E-state index contributed by atoms with van der Waals surface area (Å²) >= 11 is 0. The predicted molar refractivity (Wildman–Crippen MR) is 67.2 cm³/mol. The molecule has 0 aromatic carbocycles. The molecule has 0 aliphatic carbocycles. The van der Waals surface area contributed by atoms with Crippen molar-refractivity contribution in [2.24, 2.45) is 5.92 Å². The van der Waals surface area contributed by atoms with E-state index < -0.39 is 0 Å². The highest BCUT2D eigenvalue weighted by Gasteiger charge is 2.18. The van der Waals surface area contributed by atoms with Gasteiger partial charge in [0.05, 0.1) is 0 Å². The van der Waals surface area contributed by atoms with Crippen LogP contribution in [0.5, 0.6) is 0 Å². The molecule has 1 aliphatic heterocycles. The molecule has 0 aromatic heterocycles. The molecule has 1 saturated heterocycles. The number of piperidine rings is 1. The Hall–Kier alpha value is -0.0800. The molecule has 1 unspecified atom stereocenters. The van der Waals surface area contributed by atoms with E-state index in [1.54, 1.807) is 0 Å². The fraction of sp³-hybridized carbons (Fsp3) is 1.00. The molecule has 1 rings (SSSR count). The minimum atomic E-state index is 0.753. The van der Waals surface area contributed by atoms with E-state index in [4.69, 9.17) is 0 Å². The zero-order valence-corrected chi connectivity index (χ0v) is 10.8. The number of hydrogen-bond acceptors (Lipinski definition) is 2. The largest absolute Gasteiger partial charge is 0.313 e. The number of nitrogens with zero attached hydrogens (tertiary/aromatic N) is 1. The summed E-state index contributed by atoms with van der Waals surface area (Å²) in [4.78, 5) is 2.64. The molecule has 1 atom stereocenters. The molecule has 0 bridgehead atoms. The Morgan fingerprint density at radius 2 is 2.20 bits per heavy atom. The zero-order chi connectivity index (χ0) is 11.1. The smallest absolute Gasteiger partial charge is 0.0195 e. The molecule has 2 heteroatoms. The molecule has 1 N–H and O–H groups in total. The van der Waals surface area contributed by atoms with Crippen molar-refractivity contribution in [1.82, 2.24) is 10.2 Å². The zero-order valence-electron chi connectivity index (χ0n) is 10.8. The molecule has 1 heterocycles. The number of hydrogen-bond donors (Lipinski definition) is 1. The SMILES string of the molecule is CCNC1CCCN(CCCC(C)C)C1. The monoisotopic (exact) mass is 212 g/mol. The van der Waals surface area contributed by atoms with Gasteiger partial charge in [0.2, 0.25) is 0 Å². The van der Waals surface area contributed by atoms with Gasteiger partial charge in [0, 0.05) is 12.6 Å². The maximum absolute atomic E-state index is 3.57. The van der Waals surface area contributed by atoms with Crippen LogP contribution in [0.25, 0.3) is 0 Å². The van der Waals surface area contributed by atoms with Gasteiger partial charge in [-0.2, -0.15) is 0 Å².